The lowest BCUT2D eigenvalue weighted by Gasteiger charge is -2.34. The van der Waals surface area contributed by atoms with E-state index in [1.165, 1.54) is 16.2 Å². The molecule has 0 bridgehead atoms. The number of thiazole rings is 1. The van der Waals surface area contributed by atoms with E-state index in [2.05, 4.69) is 10.3 Å². The van der Waals surface area contributed by atoms with Crippen LogP contribution in [-0.4, -0.2) is 73.2 Å². The number of halogens is 3. The number of alkyl halides is 3. The van der Waals surface area contributed by atoms with Crippen LogP contribution in [0.3, 0.4) is 0 Å². The molecule has 0 aliphatic carbocycles. The zero-order chi connectivity index (χ0) is 20.1. The summed E-state index contributed by atoms with van der Waals surface area (Å²) in [5.74, 6) is 0.530. The Labute approximate surface area is 164 Å². The molecule has 28 heavy (non-hydrogen) atoms. The number of aromatic nitrogens is 1. The Morgan fingerprint density at radius 3 is 2.43 bits per heavy atom. The first kappa shape index (κ1) is 20.6. The molecule has 0 atom stereocenters. The molecule has 1 amide bonds. The van der Waals surface area contributed by atoms with Gasteiger partial charge in [0, 0.05) is 37.1 Å². The first-order valence-corrected chi connectivity index (χ1v) is 9.61. The summed E-state index contributed by atoms with van der Waals surface area (Å²) in [6, 6.07) is 7.45. The second-order valence-electron chi connectivity index (χ2n) is 6.48. The lowest BCUT2D eigenvalue weighted by atomic mass is 10.2. The molecule has 10 heteroatoms. The highest BCUT2D eigenvalue weighted by Crippen LogP contribution is 2.26. The maximum Gasteiger partial charge on any atom is 0.401 e. The van der Waals surface area contributed by atoms with Crippen LogP contribution in [0.25, 0.3) is 11.3 Å². The van der Waals surface area contributed by atoms with E-state index in [0.29, 0.717) is 31.3 Å². The van der Waals surface area contributed by atoms with Gasteiger partial charge in [-0.25, -0.2) is 4.98 Å². The summed E-state index contributed by atoms with van der Waals surface area (Å²) in [6.07, 6.45) is -4.19. The molecule has 6 nitrogen and oxygen atoms in total. The van der Waals surface area contributed by atoms with E-state index in [-0.39, 0.29) is 12.5 Å². The molecule has 1 aliphatic heterocycles. The number of rotatable bonds is 6. The van der Waals surface area contributed by atoms with Crippen LogP contribution < -0.4 is 10.1 Å². The standard InChI is InChI=1S/C18H21F3N4O2S/c1-27-14-4-2-13(3-5-14)15-11-28-17(22-15)23-16(26)10-24-6-8-25(9-7-24)12-18(19,20)21/h2-5,11H,6-10,12H2,1H3,(H,22,23,26). The Hall–Kier alpha value is -2.17. The SMILES string of the molecule is COc1ccc(-c2csc(NC(=O)CN3CCN(CC(F)(F)F)CC3)n2)cc1. The van der Waals surface area contributed by atoms with Gasteiger partial charge < -0.3 is 10.1 Å². The van der Waals surface area contributed by atoms with Crippen molar-refractivity contribution in [2.45, 2.75) is 6.18 Å². The number of amides is 1. The van der Waals surface area contributed by atoms with E-state index in [4.69, 9.17) is 4.74 Å². The van der Waals surface area contributed by atoms with E-state index < -0.39 is 12.7 Å². The van der Waals surface area contributed by atoms with Crippen LogP contribution in [0, 0.1) is 0 Å². The molecule has 1 aromatic heterocycles. The quantitative estimate of drug-likeness (QED) is 0.788. The third-order valence-electron chi connectivity index (χ3n) is 4.37. The smallest absolute Gasteiger partial charge is 0.401 e. The van der Waals surface area contributed by atoms with Crippen LogP contribution >= 0.6 is 11.3 Å². The maximum absolute atomic E-state index is 12.4. The van der Waals surface area contributed by atoms with Crippen LogP contribution in [-0.2, 0) is 4.79 Å². The van der Waals surface area contributed by atoms with Crippen molar-refractivity contribution in [1.29, 1.82) is 0 Å². The van der Waals surface area contributed by atoms with Crippen molar-refractivity contribution < 1.29 is 22.7 Å². The average molecular weight is 414 g/mol. The predicted molar refractivity (Wildman–Crippen MR) is 102 cm³/mol. The highest BCUT2D eigenvalue weighted by molar-refractivity contribution is 7.14. The minimum atomic E-state index is -4.19. The lowest BCUT2D eigenvalue weighted by Crippen LogP contribution is -2.50. The molecular formula is C18H21F3N4O2S. The third-order valence-corrected chi connectivity index (χ3v) is 5.13. The topological polar surface area (TPSA) is 57.7 Å². The Balaban J connectivity index is 1.47. The summed E-state index contributed by atoms with van der Waals surface area (Å²) >= 11 is 1.33. The molecule has 152 valence electrons. The van der Waals surface area contributed by atoms with Crippen molar-refractivity contribution in [2.75, 3.05) is 51.7 Å². The number of ether oxygens (including phenoxy) is 1. The number of carbonyl (C=O) groups is 1. The summed E-state index contributed by atoms with van der Waals surface area (Å²) < 4.78 is 42.4. The van der Waals surface area contributed by atoms with Gasteiger partial charge in [0.25, 0.3) is 0 Å². The van der Waals surface area contributed by atoms with Crippen molar-refractivity contribution >= 4 is 22.4 Å². The van der Waals surface area contributed by atoms with Crippen molar-refractivity contribution in [1.82, 2.24) is 14.8 Å². The van der Waals surface area contributed by atoms with Crippen LogP contribution in [0.4, 0.5) is 18.3 Å². The molecular weight excluding hydrogens is 393 g/mol. The molecule has 1 saturated heterocycles. The van der Waals surface area contributed by atoms with Gasteiger partial charge in [0.05, 0.1) is 25.9 Å². The van der Waals surface area contributed by atoms with E-state index >= 15 is 0 Å². The van der Waals surface area contributed by atoms with Gasteiger partial charge in [-0.05, 0) is 24.3 Å². The van der Waals surface area contributed by atoms with Crippen molar-refractivity contribution in [2.24, 2.45) is 0 Å². The Morgan fingerprint density at radius 2 is 1.82 bits per heavy atom. The summed E-state index contributed by atoms with van der Waals surface area (Å²) in [7, 11) is 1.60. The Bertz CT molecular complexity index is 787. The fraction of sp³-hybridized carbons (Fsp3) is 0.444. The molecule has 0 radical (unpaired) electrons. The van der Waals surface area contributed by atoms with Gasteiger partial charge in [0.15, 0.2) is 5.13 Å². The molecule has 0 unspecified atom stereocenters. The van der Waals surface area contributed by atoms with E-state index in [1.54, 1.807) is 7.11 Å². The van der Waals surface area contributed by atoms with Crippen LogP contribution in [0.5, 0.6) is 5.75 Å². The fourth-order valence-electron chi connectivity index (χ4n) is 2.95. The first-order chi connectivity index (χ1) is 13.3. The number of benzene rings is 1. The number of hydrogen-bond acceptors (Lipinski definition) is 6. The number of nitrogens with zero attached hydrogens (tertiary/aromatic N) is 3. The molecule has 1 aliphatic rings. The zero-order valence-electron chi connectivity index (χ0n) is 15.3. The first-order valence-electron chi connectivity index (χ1n) is 8.73. The highest BCUT2D eigenvalue weighted by atomic mass is 32.1. The third kappa shape index (κ3) is 5.91. The number of nitrogens with one attached hydrogen (secondary N) is 1. The van der Waals surface area contributed by atoms with Gasteiger partial charge in [0.2, 0.25) is 5.91 Å². The van der Waals surface area contributed by atoms with Crippen LogP contribution in [0.2, 0.25) is 0 Å². The molecule has 2 aromatic rings. The van der Waals surface area contributed by atoms with Crippen molar-refractivity contribution in [3.8, 4) is 17.0 Å². The normalized spacial score (nSPS) is 16.1. The van der Waals surface area contributed by atoms with Crippen LogP contribution in [0.1, 0.15) is 0 Å². The molecule has 1 fully saturated rings. The molecule has 0 spiro atoms. The molecule has 2 heterocycles. The number of piperazine rings is 1. The minimum absolute atomic E-state index is 0.136. The minimum Gasteiger partial charge on any atom is -0.497 e. The fourth-order valence-corrected chi connectivity index (χ4v) is 3.68. The van der Waals surface area contributed by atoms with Crippen LogP contribution in [0.15, 0.2) is 29.6 Å². The number of methoxy groups -OCH3 is 1. The average Bonchev–Trinajstić information content (AvgIpc) is 3.10. The summed E-state index contributed by atoms with van der Waals surface area (Å²) in [6.45, 7) is 0.686. The summed E-state index contributed by atoms with van der Waals surface area (Å²) in [5, 5.41) is 5.11. The second kappa shape index (κ2) is 8.89. The van der Waals surface area contributed by atoms with Gasteiger partial charge in [0.1, 0.15) is 5.75 Å². The number of anilines is 1. The van der Waals surface area contributed by atoms with Gasteiger partial charge in [-0.1, -0.05) is 0 Å². The van der Waals surface area contributed by atoms with Gasteiger partial charge in [-0.15, -0.1) is 11.3 Å². The lowest BCUT2D eigenvalue weighted by molar-refractivity contribution is -0.149. The van der Waals surface area contributed by atoms with E-state index in [1.807, 2.05) is 34.5 Å². The second-order valence-corrected chi connectivity index (χ2v) is 7.34. The Morgan fingerprint density at radius 1 is 1.18 bits per heavy atom. The van der Waals surface area contributed by atoms with Gasteiger partial charge >= 0.3 is 6.18 Å². The van der Waals surface area contributed by atoms with E-state index in [0.717, 1.165) is 17.0 Å². The van der Waals surface area contributed by atoms with Crippen molar-refractivity contribution in [3.63, 3.8) is 0 Å². The monoisotopic (exact) mass is 414 g/mol. The summed E-state index contributed by atoms with van der Waals surface area (Å²) in [5.41, 5.74) is 1.67. The van der Waals surface area contributed by atoms with Crippen molar-refractivity contribution in [3.05, 3.63) is 29.6 Å². The molecule has 0 saturated carbocycles. The van der Waals surface area contributed by atoms with E-state index in [9.17, 15) is 18.0 Å². The zero-order valence-corrected chi connectivity index (χ0v) is 16.1. The summed E-state index contributed by atoms with van der Waals surface area (Å²) in [4.78, 5) is 19.8. The number of hydrogen-bond donors (Lipinski definition) is 1. The van der Waals surface area contributed by atoms with Gasteiger partial charge in [-0.3, -0.25) is 14.6 Å². The number of carbonyl (C=O) groups excluding carboxylic acids is 1. The Kier molecular flexibility index (Phi) is 6.53. The van der Waals surface area contributed by atoms with Gasteiger partial charge in [-0.2, -0.15) is 13.2 Å². The maximum atomic E-state index is 12.4. The molecule has 1 N–H and O–H groups in total. The largest absolute Gasteiger partial charge is 0.497 e. The highest BCUT2D eigenvalue weighted by Gasteiger charge is 2.32. The molecule has 3 rings (SSSR count). The predicted octanol–water partition coefficient (Wildman–Crippen LogP) is 2.94. The molecule has 1 aromatic carbocycles.